The zero-order valence-corrected chi connectivity index (χ0v) is 13.8. The molecule has 0 bridgehead atoms. The van der Waals surface area contributed by atoms with Gasteiger partial charge in [-0.1, -0.05) is 6.07 Å². The van der Waals surface area contributed by atoms with Crippen molar-refractivity contribution in [1.82, 2.24) is 20.1 Å². The molecule has 2 aromatic rings. The lowest BCUT2D eigenvalue weighted by Gasteiger charge is -2.22. The van der Waals surface area contributed by atoms with Crippen molar-refractivity contribution in [3.05, 3.63) is 47.5 Å². The van der Waals surface area contributed by atoms with E-state index in [0.717, 1.165) is 36.9 Å². The van der Waals surface area contributed by atoms with Crippen molar-refractivity contribution >= 4 is 5.91 Å². The lowest BCUT2D eigenvalue weighted by molar-refractivity contribution is -0.121. The average Bonchev–Trinajstić information content (AvgIpc) is 3.00. The van der Waals surface area contributed by atoms with Crippen LogP contribution >= 0.6 is 0 Å². The molecule has 0 fully saturated rings. The van der Waals surface area contributed by atoms with Crippen molar-refractivity contribution in [2.45, 2.75) is 58.0 Å². The summed E-state index contributed by atoms with van der Waals surface area (Å²) in [5.74, 6) is 0.0887. The molecular weight excluding hydrogens is 288 g/mol. The number of carbonyl (C=O) groups is 1. The zero-order chi connectivity index (χ0) is 16.2. The summed E-state index contributed by atoms with van der Waals surface area (Å²) in [5, 5.41) is 7.86. The standard InChI is InChI=1S/C18H24N4O/c1-13(2)22-12-15-6-3-7-16(18(15)21-22)20-17(23)9-8-14-5-4-10-19-11-14/h4-5,10-13,16H,3,6-9H2,1-2H3,(H,20,23). The second-order valence-electron chi connectivity index (χ2n) is 6.49. The van der Waals surface area contributed by atoms with Crippen LogP contribution in [0.3, 0.4) is 0 Å². The van der Waals surface area contributed by atoms with Crippen molar-refractivity contribution in [2.75, 3.05) is 0 Å². The molecule has 5 nitrogen and oxygen atoms in total. The molecule has 122 valence electrons. The SMILES string of the molecule is CC(C)n1cc2c(n1)C(NC(=O)CCc1cccnc1)CCC2. The van der Waals surface area contributed by atoms with Gasteiger partial charge in [0.15, 0.2) is 0 Å². The van der Waals surface area contributed by atoms with Crippen LogP contribution in [0.15, 0.2) is 30.7 Å². The first kappa shape index (κ1) is 15.7. The van der Waals surface area contributed by atoms with Crippen LogP contribution in [-0.2, 0) is 17.6 Å². The number of nitrogens with zero attached hydrogens (tertiary/aromatic N) is 3. The third kappa shape index (κ3) is 3.78. The van der Waals surface area contributed by atoms with Crippen LogP contribution in [-0.4, -0.2) is 20.7 Å². The Morgan fingerprint density at radius 3 is 3.09 bits per heavy atom. The number of hydrogen-bond acceptors (Lipinski definition) is 3. The Morgan fingerprint density at radius 1 is 1.48 bits per heavy atom. The summed E-state index contributed by atoms with van der Waals surface area (Å²) in [6, 6.07) is 4.31. The molecule has 1 aliphatic rings. The van der Waals surface area contributed by atoms with Gasteiger partial charge in [0.25, 0.3) is 0 Å². The maximum Gasteiger partial charge on any atom is 0.220 e. The van der Waals surface area contributed by atoms with E-state index in [1.54, 1.807) is 6.20 Å². The van der Waals surface area contributed by atoms with E-state index in [2.05, 4.69) is 30.3 Å². The van der Waals surface area contributed by atoms with Crippen LogP contribution in [0, 0.1) is 0 Å². The van der Waals surface area contributed by atoms with Crippen LogP contribution in [0.5, 0.6) is 0 Å². The summed E-state index contributed by atoms with van der Waals surface area (Å²) >= 11 is 0. The Morgan fingerprint density at radius 2 is 2.35 bits per heavy atom. The Bertz CT molecular complexity index is 663. The second kappa shape index (κ2) is 6.94. The second-order valence-corrected chi connectivity index (χ2v) is 6.49. The molecule has 0 spiro atoms. The molecule has 23 heavy (non-hydrogen) atoms. The van der Waals surface area contributed by atoms with Crippen molar-refractivity contribution < 1.29 is 4.79 Å². The van der Waals surface area contributed by atoms with E-state index in [0.29, 0.717) is 12.5 Å². The lowest BCUT2D eigenvalue weighted by atomic mass is 9.93. The fourth-order valence-electron chi connectivity index (χ4n) is 3.04. The van der Waals surface area contributed by atoms with Crippen LogP contribution in [0.1, 0.15) is 62.0 Å². The van der Waals surface area contributed by atoms with E-state index in [9.17, 15) is 4.79 Å². The Kier molecular flexibility index (Phi) is 4.74. The minimum atomic E-state index is 0.0557. The number of aryl methyl sites for hydroxylation is 2. The van der Waals surface area contributed by atoms with Crippen molar-refractivity contribution in [3.8, 4) is 0 Å². The van der Waals surface area contributed by atoms with Crippen molar-refractivity contribution in [2.24, 2.45) is 0 Å². The number of pyridine rings is 1. The molecule has 1 N–H and O–H groups in total. The van der Waals surface area contributed by atoms with Gasteiger partial charge < -0.3 is 5.32 Å². The highest BCUT2D eigenvalue weighted by molar-refractivity contribution is 5.76. The van der Waals surface area contributed by atoms with Crippen LogP contribution in [0.4, 0.5) is 0 Å². The number of nitrogens with one attached hydrogen (secondary N) is 1. The number of fused-ring (bicyclic) bond motifs is 1. The van der Waals surface area contributed by atoms with Gasteiger partial charge in [0, 0.05) is 31.1 Å². The third-order valence-electron chi connectivity index (χ3n) is 4.34. The van der Waals surface area contributed by atoms with E-state index in [1.165, 1.54) is 5.56 Å². The quantitative estimate of drug-likeness (QED) is 0.923. The maximum absolute atomic E-state index is 12.3. The predicted octanol–water partition coefficient (Wildman–Crippen LogP) is 2.99. The molecule has 0 radical (unpaired) electrons. The highest BCUT2D eigenvalue weighted by Crippen LogP contribution is 2.29. The van der Waals surface area contributed by atoms with Crippen molar-refractivity contribution in [3.63, 3.8) is 0 Å². The monoisotopic (exact) mass is 312 g/mol. The summed E-state index contributed by atoms with van der Waals surface area (Å²) < 4.78 is 2.00. The van der Waals surface area contributed by atoms with E-state index < -0.39 is 0 Å². The van der Waals surface area contributed by atoms with E-state index in [1.807, 2.05) is 23.0 Å². The van der Waals surface area contributed by atoms with Gasteiger partial charge in [0.1, 0.15) is 0 Å². The fraction of sp³-hybridized carbons (Fsp3) is 0.500. The molecule has 0 aromatic carbocycles. The molecular formula is C18H24N4O. The molecule has 1 aliphatic carbocycles. The molecule has 1 amide bonds. The molecule has 2 heterocycles. The molecule has 1 atom stereocenters. The molecule has 5 heteroatoms. The van der Waals surface area contributed by atoms with Crippen molar-refractivity contribution in [1.29, 1.82) is 0 Å². The molecule has 0 aliphatic heterocycles. The maximum atomic E-state index is 12.3. The smallest absolute Gasteiger partial charge is 0.220 e. The molecule has 2 aromatic heterocycles. The third-order valence-corrected chi connectivity index (χ3v) is 4.34. The van der Waals surface area contributed by atoms with Crippen LogP contribution < -0.4 is 5.32 Å². The highest BCUT2D eigenvalue weighted by Gasteiger charge is 2.25. The van der Waals surface area contributed by atoms with Gasteiger partial charge in [-0.15, -0.1) is 0 Å². The summed E-state index contributed by atoms with van der Waals surface area (Å²) in [7, 11) is 0. The van der Waals surface area contributed by atoms with E-state index >= 15 is 0 Å². The first-order valence-electron chi connectivity index (χ1n) is 8.39. The minimum absolute atomic E-state index is 0.0557. The van der Waals surface area contributed by atoms with Gasteiger partial charge in [0.05, 0.1) is 11.7 Å². The fourth-order valence-corrected chi connectivity index (χ4v) is 3.04. The van der Waals surface area contributed by atoms with Gasteiger partial charge in [-0.25, -0.2) is 0 Å². The molecule has 1 unspecified atom stereocenters. The zero-order valence-electron chi connectivity index (χ0n) is 13.8. The van der Waals surface area contributed by atoms with Gasteiger partial charge >= 0.3 is 0 Å². The van der Waals surface area contributed by atoms with Gasteiger partial charge in [-0.05, 0) is 56.7 Å². The minimum Gasteiger partial charge on any atom is -0.348 e. The average molecular weight is 312 g/mol. The number of amides is 1. The summed E-state index contributed by atoms with van der Waals surface area (Å²) in [6.07, 6.45) is 10.0. The van der Waals surface area contributed by atoms with Crippen LogP contribution in [0.25, 0.3) is 0 Å². The van der Waals surface area contributed by atoms with Gasteiger partial charge in [-0.3, -0.25) is 14.5 Å². The number of aromatic nitrogens is 3. The van der Waals surface area contributed by atoms with Gasteiger partial charge in [0.2, 0.25) is 5.91 Å². The number of hydrogen-bond donors (Lipinski definition) is 1. The topological polar surface area (TPSA) is 59.8 Å². The Labute approximate surface area is 137 Å². The normalized spacial score (nSPS) is 17.1. The summed E-state index contributed by atoms with van der Waals surface area (Å²) in [5.41, 5.74) is 3.43. The van der Waals surface area contributed by atoms with E-state index in [4.69, 9.17) is 5.10 Å². The first-order chi connectivity index (χ1) is 11.1. The predicted molar refractivity (Wildman–Crippen MR) is 89.0 cm³/mol. The lowest BCUT2D eigenvalue weighted by Crippen LogP contribution is -2.31. The summed E-state index contributed by atoms with van der Waals surface area (Å²) in [4.78, 5) is 16.4. The highest BCUT2D eigenvalue weighted by atomic mass is 16.1. The molecule has 3 rings (SSSR count). The van der Waals surface area contributed by atoms with Crippen LogP contribution in [0.2, 0.25) is 0 Å². The van der Waals surface area contributed by atoms with Gasteiger partial charge in [-0.2, -0.15) is 5.10 Å². The number of rotatable bonds is 5. The largest absolute Gasteiger partial charge is 0.348 e. The Hall–Kier alpha value is -2.17. The first-order valence-corrected chi connectivity index (χ1v) is 8.39. The Balaban J connectivity index is 1.61. The molecule has 0 saturated carbocycles. The summed E-state index contributed by atoms with van der Waals surface area (Å²) in [6.45, 7) is 4.25. The van der Waals surface area contributed by atoms with E-state index in [-0.39, 0.29) is 11.9 Å². The molecule has 0 saturated heterocycles. The number of carbonyl (C=O) groups excluding carboxylic acids is 1.